The van der Waals surface area contributed by atoms with Gasteiger partial charge in [-0.25, -0.2) is 4.98 Å². The van der Waals surface area contributed by atoms with E-state index in [9.17, 15) is 0 Å². The molecule has 92 valence electrons. The third kappa shape index (κ3) is 3.84. The van der Waals surface area contributed by atoms with Crippen LogP contribution in [0.4, 0.5) is 0 Å². The molecule has 2 aromatic heterocycles. The van der Waals surface area contributed by atoms with Crippen molar-refractivity contribution in [2.45, 2.75) is 25.9 Å². The van der Waals surface area contributed by atoms with Crippen LogP contribution in [0.25, 0.3) is 0 Å². The molecule has 0 aliphatic rings. The maximum Gasteiger partial charge on any atom is 0.0945 e. The molecule has 0 aliphatic carbocycles. The zero-order valence-electron chi connectivity index (χ0n) is 9.77. The van der Waals surface area contributed by atoms with Gasteiger partial charge in [0.15, 0.2) is 0 Å². The normalized spacial score (nSPS) is 12.8. The summed E-state index contributed by atoms with van der Waals surface area (Å²) < 4.78 is 2.95. The van der Waals surface area contributed by atoms with Gasteiger partial charge in [0.1, 0.15) is 0 Å². The first-order chi connectivity index (χ1) is 8.25. The molecule has 0 amide bonds. The maximum absolute atomic E-state index is 5.91. The van der Waals surface area contributed by atoms with E-state index < -0.39 is 0 Å². The van der Waals surface area contributed by atoms with Crippen molar-refractivity contribution >= 4 is 22.9 Å². The van der Waals surface area contributed by atoms with E-state index in [1.165, 1.54) is 4.88 Å². The monoisotopic (exact) mass is 269 g/mol. The molecule has 1 unspecified atom stereocenters. The molecule has 0 radical (unpaired) electrons. The Morgan fingerprint density at radius 2 is 2.41 bits per heavy atom. The smallest absolute Gasteiger partial charge is 0.0945 e. The highest BCUT2D eigenvalue weighted by Gasteiger charge is 2.06. The van der Waals surface area contributed by atoms with E-state index in [-0.39, 0.29) is 0 Å². The topological polar surface area (TPSA) is 29.9 Å². The molecule has 3 nitrogen and oxygen atoms in total. The Morgan fingerprint density at radius 3 is 3.06 bits per heavy atom. The molecule has 0 fully saturated rings. The molecule has 0 spiro atoms. The lowest BCUT2D eigenvalue weighted by Crippen LogP contribution is -2.20. The third-order valence-corrected chi connectivity index (χ3v) is 4.04. The number of aryl methyl sites for hydroxylation is 1. The number of nitrogens with one attached hydrogen (secondary N) is 1. The average molecular weight is 270 g/mol. The highest BCUT2D eigenvalue weighted by molar-refractivity contribution is 7.16. The van der Waals surface area contributed by atoms with Gasteiger partial charge in [-0.15, -0.1) is 11.3 Å². The van der Waals surface area contributed by atoms with Crippen molar-refractivity contribution in [3.05, 3.63) is 40.1 Å². The Balaban J connectivity index is 1.68. The molecule has 1 N–H and O–H groups in total. The number of halogens is 1. The largest absolute Gasteiger partial charge is 0.337 e. The molecule has 0 saturated heterocycles. The number of thiophene rings is 1. The first-order valence-corrected chi connectivity index (χ1v) is 6.89. The quantitative estimate of drug-likeness (QED) is 0.815. The molecule has 0 aromatic carbocycles. The fourth-order valence-corrected chi connectivity index (χ4v) is 2.75. The van der Waals surface area contributed by atoms with Gasteiger partial charge in [0.2, 0.25) is 0 Å². The Labute approximate surface area is 110 Å². The van der Waals surface area contributed by atoms with Crippen LogP contribution in [0.2, 0.25) is 4.34 Å². The van der Waals surface area contributed by atoms with Gasteiger partial charge < -0.3 is 9.88 Å². The standard InChI is InChI=1S/C12H16ClN3S/c1-10(11-3-4-12(13)17-11)15-5-2-7-16-8-6-14-9-16/h3-4,6,8-10,15H,2,5,7H2,1H3. The Morgan fingerprint density at radius 1 is 1.53 bits per heavy atom. The first-order valence-electron chi connectivity index (χ1n) is 5.70. The second-order valence-electron chi connectivity index (χ2n) is 3.97. The van der Waals surface area contributed by atoms with Gasteiger partial charge in [-0.2, -0.15) is 0 Å². The van der Waals surface area contributed by atoms with Crippen LogP contribution in [-0.4, -0.2) is 16.1 Å². The number of aromatic nitrogens is 2. The lowest BCUT2D eigenvalue weighted by molar-refractivity contribution is 0.531. The number of rotatable bonds is 6. The van der Waals surface area contributed by atoms with Crippen molar-refractivity contribution in [1.29, 1.82) is 0 Å². The van der Waals surface area contributed by atoms with E-state index in [0.717, 1.165) is 23.8 Å². The second-order valence-corrected chi connectivity index (χ2v) is 5.72. The van der Waals surface area contributed by atoms with Gasteiger partial charge in [0.05, 0.1) is 10.7 Å². The summed E-state index contributed by atoms with van der Waals surface area (Å²) in [6.07, 6.45) is 6.74. The molecule has 2 heterocycles. The zero-order valence-corrected chi connectivity index (χ0v) is 11.3. The highest BCUT2D eigenvalue weighted by atomic mass is 35.5. The van der Waals surface area contributed by atoms with E-state index in [0.29, 0.717) is 6.04 Å². The number of hydrogen-bond donors (Lipinski definition) is 1. The summed E-state index contributed by atoms with van der Waals surface area (Å²) in [6.45, 7) is 4.17. The van der Waals surface area contributed by atoms with Crippen LogP contribution >= 0.6 is 22.9 Å². The van der Waals surface area contributed by atoms with Crippen LogP contribution in [0.15, 0.2) is 30.9 Å². The van der Waals surface area contributed by atoms with E-state index >= 15 is 0 Å². The lowest BCUT2D eigenvalue weighted by atomic mass is 10.2. The van der Waals surface area contributed by atoms with E-state index in [1.54, 1.807) is 11.3 Å². The van der Waals surface area contributed by atoms with Crippen molar-refractivity contribution in [3.8, 4) is 0 Å². The van der Waals surface area contributed by atoms with Crippen molar-refractivity contribution in [3.63, 3.8) is 0 Å². The fraction of sp³-hybridized carbons (Fsp3) is 0.417. The Bertz CT molecular complexity index is 438. The number of hydrogen-bond acceptors (Lipinski definition) is 3. The molecule has 0 aliphatic heterocycles. The van der Waals surface area contributed by atoms with Crippen molar-refractivity contribution in [1.82, 2.24) is 14.9 Å². The predicted octanol–water partition coefficient (Wildman–Crippen LogP) is 3.34. The van der Waals surface area contributed by atoms with Crippen LogP contribution in [0, 0.1) is 0 Å². The molecule has 2 aromatic rings. The van der Waals surface area contributed by atoms with Gasteiger partial charge in [-0.05, 0) is 32.0 Å². The zero-order chi connectivity index (χ0) is 12.1. The minimum Gasteiger partial charge on any atom is -0.337 e. The maximum atomic E-state index is 5.91. The highest BCUT2D eigenvalue weighted by Crippen LogP contribution is 2.26. The average Bonchev–Trinajstić information content (AvgIpc) is 2.95. The third-order valence-electron chi connectivity index (χ3n) is 2.62. The molecule has 0 bridgehead atoms. The van der Waals surface area contributed by atoms with E-state index in [4.69, 9.17) is 11.6 Å². The van der Waals surface area contributed by atoms with Crippen LogP contribution in [0.5, 0.6) is 0 Å². The summed E-state index contributed by atoms with van der Waals surface area (Å²) in [4.78, 5) is 5.31. The summed E-state index contributed by atoms with van der Waals surface area (Å²) in [6, 6.07) is 4.40. The lowest BCUT2D eigenvalue weighted by Gasteiger charge is -2.11. The Kier molecular flexibility index (Phi) is 4.59. The minimum absolute atomic E-state index is 0.371. The predicted molar refractivity (Wildman–Crippen MR) is 72.6 cm³/mol. The van der Waals surface area contributed by atoms with Crippen molar-refractivity contribution in [2.24, 2.45) is 0 Å². The number of nitrogens with zero attached hydrogens (tertiary/aromatic N) is 2. The van der Waals surface area contributed by atoms with Crippen molar-refractivity contribution in [2.75, 3.05) is 6.54 Å². The summed E-state index contributed by atoms with van der Waals surface area (Å²) in [5.41, 5.74) is 0. The van der Waals surface area contributed by atoms with Crippen LogP contribution < -0.4 is 5.32 Å². The molecule has 1 atom stereocenters. The van der Waals surface area contributed by atoms with Crippen LogP contribution in [-0.2, 0) is 6.54 Å². The SMILES string of the molecule is CC(NCCCn1ccnc1)c1ccc(Cl)s1. The molecule has 17 heavy (non-hydrogen) atoms. The first kappa shape index (κ1) is 12.6. The van der Waals surface area contributed by atoms with Gasteiger partial charge in [-0.3, -0.25) is 0 Å². The minimum atomic E-state index is 0.371. The van der Waals surface area contributed by atoms with Crippen LogP contribution in [0.3, 0.4) is 0 Å². The molecule has 0 saturated carbocycles. The van der Waals surface area contributed by atoms with Gasteiger partial charge in [-0.1, -0.05) is 11.6 Å². The molecular formula is C12H16ClN3S. The van der Waals surface area contributed by atoms with Gasteiger partial charge >= 0.3 is 0 Å². The van der Waals surface area contributed by atoms with Crippen LogP contribution in [0.1, 0.15) is 24.3 Å². The van der Waals surface area contributed by atoms with Crippen molar-refractivity contribution < 1.29 is 0 Å². The molecule has 5 heteroatoms. The van der Waals surface area contributed by atoms with Gasteiger partial charge in [0.25, 0.3) is 0 Å². The van der Waals surface area contributed by atoms with Gasteiger partial charge in [0, 0.05) is 29.9 Å². The van der Waals surface area contributed by atoms with E-state index in [2.05, 4.69) is 27.9 Å². The Hall–Kier alpha value is -0.840. The summed E-state index contributed by atoms with van der Waals surface area (Å²) in [5, 5.41) is 3.49. The summed E-state index contributed by atoms with van der Waals surface area (Å²) in [7, 11) is 0. The summed E-state index contributed by atoms with van der Waals surface area (Å²) in [5.74, 6) is 0. The molecular weight excluding hydrogens is 254 g/mol. The second kappa shape index (κ2) is 6.19. The number of imidazole rings is 1. The summed E-state index contributed by atoms with van der Waals surface area (Å²) >= 11 is 7.55. The fourth-order valence-electron chi connectivity index (χ4n) is 1.66. The molecule has 2 rings (SSSR count). The van der Waals surface area contributed by atoms with E-state index in [1.807, 2.05) is 24.8 Å².